The van der Waals surface area contributed by atoms with Gasteiger partial charge in [-0.2, -0.15) is 5.26 Å². The topological polar surface area (TPSA) is 112 Å². The van der Waals surface area contributed by atoms with E-state index in [1.54, 1.807) is 6.92 Å². The minimum atomic E-state index is -0.537. The van der Waals surface area contributed by atoms with Crippen molar-refractivity contribution in [3.05, 3.63) is 17.8 Å². The monoisotopic (exact) mass is 245 g/mol. The molecule has 18 heavy (non-hydrogen) atoms. The number of imide groups is 1. The van der Waals surface area contributed by atoms with Gasteiger partial charge in [0.15, 0.2) is 5.82 Å². The Hall–Kier alpha value is -2.62. The number of hydrogen-bond acceptors (Lipinski definition) is 6. The van der Waals surface area contributed by atoms with E-state index in [1.807, 2.05) is 6.07 Å². The number of piperazine rings is 1. The van der Waals surface area contributed by atoms with Crippen LogP contribution in [-0.2, 0) is 9.59 Å². The van der Waals surface area contributed by atoms with Crippen LogP contribution in [0.4, 0.5) is 11.5 Å². The van der Waals surface area contributed by atoms with Crippen LogP contribution in [0.25, 0.3) is 0 Å². The number of pyridine rings is 1. The molecule has 92 valence electrons. The number of nitrogens with zero attached hydrogens (tertiary/aromatic N) is 3. The van der Waals surface area contributed by atoms with Gasteiger partial charge in [0.1, 0.15) is 12.1 Å². The van der Waals surface area contributed by atoms with Crippen LogP contribution in [0.3, 0.4) is 0 Å². The average molecular weight is 245 g/mol. The number of anilines is 2. The van der Waals surface area contributed by atoms with Gasteiger partial charge in [0.25, 0.3) is 0 Å². The van der Waals surface area contributed by atoms with Crippen molar-refractivity contribution in [3.8, 4) is 6.07 Å². The molecule has 2 rings (SSSR count). The highest BCUT2D eigenvalue weighted by molar-refractivity contribution is 6.04. The molecule has 1 atom stereocenters. The number of carbonyl (C=O) groups excluding carboxylic acids is 2. The normalized spacial score (nSPS) is 19.3. The van der Waals surface area contributed by atoms with Crippen molar-refractivity contribution < 1.29 is 9.59 Å². The molecule has 1 aliphatic heterocycles. The summed E-state index contributed by atoms with van der Waals surface area (Å²) in [4.78, 5) is 28.4. The van der Waals surface area contributed by atoms with Gasteiger partial charge in [0.2, 0.25) is 11.8 Å². The smallest absolute Gasteiger partial charge is 0.249 e. The average Bonchev–Trinajstić information content (AvgIpc) is 2.34. The van der Waals surface area contributed by atoms with Crippen LogP contribution in [0.1, 0.15) is 12.5 Å². The van der Waals surface area contributed by atoms with Gasteiger partial charge < -0.3 is 10.6 Å². The van der Waals surface area contributed by atoms with E-state index in [2.05, 4.69) is 10.3 Å². The number of nitrogens with two attached hydrogens (primary N) is 1. The predicted molar refractivity (Wildman–Crippen MR) is 63.3 cm³/mol. The fraction of sp³-hybridized carbons (Fsp3) is 0.273. The predicted octanol–water partition coefficient (Wildman–Crippen LogP) is -0.613. The van der Waals surface area contributed by atoms with Gasteiger partial charge in [-0.1, -0.05) is 0 Å². The standard InChI is InChI=1S/C11H11N5O2/c1-6-11(18)15-9(17)5-16(6)10-8(13)2-7(3-12)4-14-10/h2,4,6H,5,13H2,1H3,(H,15,17,18). The van der Waals surface area contributed by atoms with E-state index >= 15 is 0 Å². The van der Waals surface area contributed by atoms with Gasteiger partial charge in [-0.25, -0.2) is 4.98 Å². The molecule has 0 aliphatic carbocycles. The molecule has 1 fully saturated rings. The Morgan fingerprint density at radius 2 is 2.33 bits per heavy atom. The highest BCUT2D eigenvalue weighted by Crippen LogP contribution is 2.24. The van der Waals surface area contributed by atoms with Crippen molar-refractivity contribution in [1.82, 2.24) is 10.3 Å². The van der Waals surface area contributed by atoms with Gasteiger partial charge in [0, 0.05) is 6.20 Å². The first kappa shape index (κ1) is 11.9. The molecule has 1 aliphatic rings. The molecule has 7 heteroatoms. The number of hydrogen-bond donors (Lipinski definition) is 2. The first-order valence-corrected chi connectivity index (χ1v) is 5.29. The Morgan fingerprint density at radius 1 is 1.61 bits per heavy atom. The zero-order chi connectivity index (χ0) is 13.3. The third kappa shape index (κ3) is 1.96. The molecule has 1 saturated heterocycles. The van der Waals surface area contributed by atoms with Gasteiger partial charge in [-0.15, -0.1) is 0 Å². The highest BCUT2D eigenvalue weighted by atomic mass is 16.2. The molecule has 0 bridgehead atoms. The van der Waals surface area contributed by atoms with Gasteiger partial charge >= 0.3 is 0 Å². The van der Waals surface area contributed by atoms with Gasteiger partial charge in [0.05, 0.1) is 17.8 Å². The number of nitriles is 1. The zero-order valence-electron chi connectivity index (χ0n) is 9.67. The van der Waals surface area contributed by atoms with Crippen LogP contribution in [0, 0.1) is 11.3 Å². The summed E-state index contributed by atoms with van der Waals surface area (Å²) in [5.74, 6) is -0.454. The SMILES string of the molecule is CC1C(=O)NC(=O)CN1c1ncc(C#N)cc1N. The molecular formula is C11H11N5O2. The summed E-state index contributed by atoms with van der Waals surface area (Å²) in [7, 11) is 0. The van der Waals surface area contributed by atoms with Crippen molar-refractivity contribution in [2.75, 3.05) is 17.2 Å². The van der Waals surface area contributed by atoms with Crippen LogP contribution in [0.2, 0.25) is 0 Å². The number of carbonyl (C=O) groups is 2. The second-order valence-corrected chi connectivity index (χ2v) is 3.96. The van der Waals surface area contributed by atoms with Crippen molar-refractivity contribution in [3.63, 3.8) is 0 Å². The third-order valence-corrected chi connectivity index (χ3v) is 2.72. The van der Waals surface area contributed by atoms with Crippen molar-refractivity contribution in [2.24, 2.45) is 0 Å². The van der Waals surface area contributed by atoms with Crippen molar-refractivity contribution in [1.29, 1.82) is 5.26 Å². The first-order chi connectivity index (χ1) is 8.52. The summed E-state index contributed by atoms with van der Waals surface area (Å²) in [6, 6.07) is 2.85. The lowest BCUT2D eigenvalue weighted by molar-refractivity contribution is -0.132. The van der Waals surface area contributed by atoms with Crippen molar-refractivity contribution >= 4 is 23.3 Å². The quantitative estimate of drug-likeness (QED) is 0.638. The molecule has 0 spiro atoms. The number of nitrogens with one attached hydrogen (secondary N) is 1. The summed E-state index contributed by atoms with van der Waals surface area (Å²) >= 11 is 0. The maximum atomic E-state index is 11.5. The highest BCUT2D eigenvalue weighted by Gasteiger charge is 2.32. The number of amides is 2. The molecule has 0 aromatic carbocycles. The molecule has 0 radical (unpaired) electrons. The van der Waals surface area contributed by atoms with Crippen LogP contribution in [0.15, 0.2) is 12.3 Å². The minimum Gasteiger partial charge on any atom is -0.396 e. The lowest BCUT2D eigenvalue weighted by atomic mass is 10.2. The second kappa shape index (κ2) is 4.33. The maximum Gasteiger partial charge on any atom is 0.249 e. The van der Waals surface area contributed by atoms with Crippen LogP contribution in [-0.4, -0.2) is 29.4 Å². The fourth-order valence-corrected chi connectivity index (χ4v) is 1.75. The Bertz CT molecular complexity index is 563. The summed E-state index contributed by atoms with van der Waals surface area (Å²) in [6.45, 7) is 1.66. The molecule has 2 heterocycles. The summed E-state index contributed by atoms with van der Waals surface area (Å²) in [5.41, 5.74) is 6.38. The van der Waals surface area contributed by atoms with Crippen LogP contribution >= 0.6 is 0 Å². The molecule has 1 unspecified atom stereocenters. The number of nitrogen functional groups attached to an aromatic ring is 1. The Morgan fingerprint density at radius 3 is 2.94 bits per heavy atom. The molecule has 0 saturated carbocycles. The van der Waals surface area contributed by atoms with E-state index in [0.29, 0.717) is 11.4 Å². The van der Waals surface area contributed by atoms with Crippen molar-refractivity contribution in [2.45, 2.75) is 13.0 Å². The van der Waals surface area contributed by atoms with E-state index in [1.165, 1.54) is 17.2 Å². The van der Waals surface area contributed by atoms with E-state index < -0.39 is 17.9 Å². The number of aromatic nitrogens is 1. The van der Waals surface area contributed by atoms with E-state index in [4.69, 9.17) is 11.0 Å². The van der Waals surface area contributed by atoms with Crippen LogP contribution < -0.4 is 16.0 Å². The molecular weight excluding hydrogens is 234 g/mol. The van der Waals surface area contributed by atoms with E-state index in [-0.39, 0.29) is 12.2 Å². The Labute approximate surface area is 103 Å². The summed E-state index contributed by atoms with van der Waals surface area (Å²) < 4.78 is 0. The second-order valence-electron chi connectivity index (χ2n) is 3.96. The molecule has 1 aromatic heterocycles. The molecule has 7 nitrogen and oxygen atoms in total. The van der Waals surface area contributed by atoms with Crippen LogP contribution in [0.5, 0.6) is 0 Å². The summed E-state index contributed by atoms with van der Waals surface area (Å²) in [5, 5.41) is 11.0. The zero-order valence-corrected chi connectivity index (χ0v) is 9.67. The maximum absolute atomic E-state index is 11.5. The summed E-state index contributed by atoms with van der Waals surface area (Å²) in [6.07, 6.45) is 1.36. The third-order valence-electron chi connectivity index (χ3n) is 2.72. The fourth-order valence-electron chi connectivity index (χ4n) is 1.75. The Kier molecular flexibility index (Phi) is 2.85. The van der Waals surface area contributed by atoms with Gasteiger partial charge in [-0.05, 0) is 13.0 Å². The molecule has 2 amide bonds. The largest absolute Gasteiger partial charge is 0.396 e. The van der Waals surface area contributed by atoms with E-state index in [9.17, 15) is 9.59 Å². The molecule has 3 N–H and O–H groups in total. The minimum absolute atomic E-state index is 0.00993. The van der Waals surface area contributed by atoms with E-state index in [0.717, 1.165) is 0 Å². The van der Waals surface area contributed by atoms with Gasteiger partial charge in [-0.3, -0.25) is 14.9 Å². The number of rotatable bonds is 1. The first-order valence-electron chi connectivity index (χ1n) is 5.29. The lowest BCUT2D eigenvalue weighted by Gasteiger charge is -2.33. The lowest BCUT2D eigenvalue weighted by Crippen LogP contribution is -2.57. The Balaban J connectivity index is 2.39. The molecule has 1 aromatic rings.